The van der Waals surface area contributed by atoms with Gasteiger partial charge in [0.2, 0.25) is 11.8 Å². The molecule has 31 heavy (non-hydrogen) atoms. The third-order valence-corrected chi connectivity index (χ3v) is 5.28. The number of amides is 2. The van der Waals surface area contributed by atoms with Crippen molar-refractivity contribution in [3.05, 3.63) is 65.2 Å². The zero-order valence-corrected chi connectivity index (χ0v) is 19.4. The van der Waals surface area contributed by atoms with Crippen molar-refractivity contribution in [2.24, 2.45) is 5.92 Å². The standard InChI is InChI=1S/C25H33ClN2O3/c1-4-23(25(30)27-17-19(2)3)28(18-20-11-8-9-14-22(20)26)24(29)15-10-16-31-21-12-6-5-7-13-21/h5-9,11-14,19,23H,4,10,15-18H2,1-3H3,(H,27,30). The van der Waals surface area contributed by atoms with E-state index in [0.29, 0.717) is 49.9 Å². The Hall–Kier alpha value is -2.53. The highest BCUT2D eigenvalue weighted by molar-refractivity contribution is 6.31. The van der Waals surface area contributed by atoms with Crippen LogP contribution < -0.4 is 10.1 Å². The van der Waals surface area contributed by atoms with Gasteiger partial charge in [0.15, 0.2) is 0 Å². The summed E-state index contributed by atoms with van der Waals surface area (Å²) in [6.45, 7) is 7.32. The number of benzene rings is 2. The second-order valence-electron chi connectivity index (χ2n) is 7.94. The number of carbonyl (C=O) groups is 2. The Morgan fingerprint density at radius 1 is 1.06 bits per heavy atom. The first kappa shape index (κ1) is 24.7. The highest BCUT2D eigenvalue weighted by Crippen LogP contribution is 2.20. The van der Waals surface area contributed by atoms with Crippen LogP contribution in [0.15, 0.2) is 54.6 Å². The van der Waals surface area contributed by atoms with Gasteiger partial charge in [-0.25, -0.2) is 0 Å². The van der Waals surface area contributed by atoms with E-state index < -0.39 is 6.04 Å². The summed E-state index contributed by atoms with van der Waals surface area (Å²) in [5.74, 6) is 0.909. The molecule has 1 N–H and O–H groups in total. The molecule has 2 aromatic rings. The highest BCUT2D eigenvalue weighted by Gasteiger charge is 2.28. The average Bonchev–Trinajstić information content (AvgIpc) is 2.77. The molecule has 6 heteroatoms. The maximum atomic E-state index is 13.2. The quantitative estimate of drug-likeness (QED) is 0.464. The minimum atomic E-state index is -0.544. The van der Waals surface area contributed by atoms with Crippen molar-refractivity contribution in [3.63, 3.8) is 0 Å². The summed E-state index contributed by atoms with van der Waals surface area (Å²) >= 11 is 6.34. The minimum Gasteiger partial charge on any atom is -0.494 e. The van der Waals surface area contributed by atoms with Crippen LogP contribution in [0, 0.1) is 5.92 Å². The Labute approximate surface area is 190 Å². The van der Waals surface area contributed by atoms with E-state index >= 15 is 0 Å². The van der Waals surface area contributed by atoms with Crippen LogP contribution in [0.3, 0.4) is 0 Å². The molecule has 1 atom stereocenters. The highest BCUT2D eigenvalue weighted by atomic mass is 35.5. The summed E-state index contributed by atoms with van der Waals surface area (Å²) in [4.78, 5) is 27.7. The van der Waals surface area contributed by atoms with Gasteiger partial charge in [0.05, 0.1) is 6.61 Å². The van der Waals surface area contributed by atoms with Crippen LogP contribution in [-0.2, 0) is 16.1 Å². The molecule has 0 heterocycles. The van der Waals surface area contributed by atoms with E-state index in [2.05, 4.69) is 5.32 Å². The fourth-order valence-electron chi connectivity index (χ4n) is 3.23. The first-order chi connectivity index (χ1) is 14.9. The van der Waals surface area contributed by atoms with E-state index in [1.165, 1.54) is 0 Å². The Bertz CT molecular complexity index is 827. The normalized spacial score (nSPS) is 11.8. The van der Waals surface area contributed by atoms with E-state index in [0.717, 1.165) is 11.3 Å². The topological polar surface area (TPSA) is 58.6 Å². The smallest absolute Gasteiger partial charge is 0.242 e. The van der Waals surface area contributed by atoms with Crippen LogP contribution in [0.2, 0.25) is 5.02 Å². The van der Waals surface area contributed by atoms with Gasteiger partial charge in [-0.3, -0.25) is 9.59 Å². The zero-order chi connectivity index (χ0) is 22.6. The molecule has 0 saturated heterocycles. The molecule has 168 valence electrons. The van der Waals surface area contributed by atoms with E-state index in [-0.39, 0.29) is 11.8 Å². The van der Waals surface area contributed by atoms with Gasteiger partial charge in [0, 0.05) is 24.5 Å². The SMILES string of the molecule is CCC(C(=O)NCC(C)C)N(Cc1ccccc1Cl)C(=O)CCCOc1ccccc1. The summed E-state index contributed by atoms with van der Waals surface area (Å²) in [6, 6.07) is 16.4. The summed E-state index contributed by atoms with van der Waals surface area (Å²) in [5, 5.41) is 3.56. The zero-order valence-electron chi connectivity index (χ0n) is 18.6. The van der Waals surface area contributed by atoms with Crippen LogP contribution >= 0.6 is 11.6 Å². The number of nitrogens with one attached hydrogen (secondary N) is 1. The molecule has 0 aliphatic heterocycles. The fraction of sp³-hybridized carbons (Fsp3) is 0.440. The number of halogens is 1. The Kier molecular flexibility index (Phi) is 10.4. The molecule has 0 fully saturated rings. The lowest BCUT2D eigenvalue weighted by Crippen LogP contribution is -2.49. The molecule has 0 aliphatic rings. The van der Waals surface area contributed by atoms with Crippen molar-refractivity contribution in [1.82, 2.24) is 10.2 Å². The predicted octanol–water partition coefficient (Wildman–Crippen LogP) is 5.08. The molecular formula is C25H33ClN2O3. The number of nitrogens with zero attached hydrogens (tertiary/aromatic N) is 1. The van der Waals surface area contributed by atoms with Crippen LogP contribution in [0.1, 0.15) is 45.6 Å². The molecular weight excluding hydrogens is 412 g/mol. The van der Waals surface area contributed by atoms with E-state index in [1.54, 1.807) is 11.0 Å². The van der Waals surface area contributed by atoms with Gasteiger partial charge in [-0.05, 0) is 42.5 Å². The molecule has 2 amide bonds. The van der Waals surface area contributed by atoms with Gasteiger partial charge in [-0.2, -0.15) is 0 Å². The third kappa shape index (κ3) is 8.25. The molecule has 2 rings (SSSR count). The number of para-hydroxylation sites is 1. The summed E-state index contributed by atoms with van der Waals surface area (Å²) < 4.78 is 5.70. The molecule has 0 saturated carbocycles. The maximum Gasteiger partial charge on any atom is 0.242 e. The van der Waals surface area contributed by atoms with Gasteiger partial charge in [0.25, 0.3) is 0 Å². The van der Waals surface area contributed by atoms with Crippen molar-refractivity contribution < 1.29 is 14.3 Å². The number of hydrogen-bond acceptors (Lipinski definition) is 3. The predicted molar refractivity (Wildman–Crippen MR) is 125 cm³/mol. The van der Waals surface area contributed by atoms with Crippen molar-refractivity contribution in [2.45, 2.75) is 52.6 Å². The number of rotatable bonds is 12. The largest absolute Gasteiger partial charge is 0.494 e. The van der Waals surface area contributed by atoms with Crippen LogP contribution in [0.4, 0.5) is 0 Å². The van der Waals surface area contributed by atoms with Gasteiger partial charge < -0.3 is 15.0 Å². The first-order valence-electron chi connectivity index (χ1n) is 10.9. The Morgan fingerprint density at radius 3 is 2.39 bits per heavy atom. The van der Waals surface area contributed by atoms with E-state index in [4.69, 9.17) is 16.3 Å². The molecule has 5 nitrogen and oxygen atoms in total. The summed E-state index contributed by atoms with van der Waals surface area (Å²) in [6.07, 6.45) is 1.39. The van der Waals surface area contributed by atoms with Crippen molar-refractivity contribution in [3.8, 4) is 5.75 Å². The second-order valence-corrected chi connectivity index (χ2v) is 8.35. The lowest BCUT2D eigenvalue weighted by atomic mass is 10.1. The van der Waals surface area contributed by atoms with E-state index in [1.807, 2.05) is 69.3 Å². The number of hydrogen-bond donors (Lipinski definition) is 1. The molecule has 0 radical (unpaired) electrons. The van der Waals surface area contributed by atoms with Gasteiger partial charge in [-0.1, -0.05) is 68.8 Å². The molecule has 0 spiro atoms. The molecule has 0 aliphatic carbocycles. The number of carbonyl (C=O) groups excluding carboxylic acids is 2. The van der Waals surface area contributed by atoms with Crippen LogP contribution in [0.5, 0.6) is 5.75 Å². The Balaban J connectivity index is 2.06. The van der Waals surface area contributed by atoms with Crippen LogP contribution in [0.25, 0.3) is 0 Å². The van der Waals surface area contributed by atoms with Crippen molar-refractivity contribution in [2.75, 3.05) is 13.2 Å². The van der Waals surface area contributed by atoms with Gasteiger partial charge in [0.1, 0.15) is 11.8 Å². The fourth-order valence-corrected chi connectivity index (χ4v) is 3.42. The lowest BCUT2D eigenvalue weighted by molar-refractivity contribution is -0.141. The van der Waals surface area contributed by atoms with Crippen molar-refractivity contribution in [1.29, 1.82) is 0 Å². The number of ether oxygens (including phenoxy) is 1. The third-order valence-electron chi connectivity index (χ3n) is 4.92. The monoisotopic (exact) mass is 444 g/mol. The van der Waals surface area contributed by atoms with Crippen molar-refractivity contribution >= 4 is 23.4 Å². The Morgan fingerprint density at radius 2 is 1.74 bits per heavy atom. The lowest BCUT2D eigenvalue weighted by Gasteiger charge is -2.31. The molecule has 0 bridgehead atoms. The molecule has 1 unspecified atom stereocenters. The summed E-state index contributed by atoms with van der Waals surface area (Å²) in [7, 11) is 0. The van der Waals surface area contributed by atoms with E-state index in [9.17, 15) is 9.59 Å². The second kappa shape index (κ2) is 13.0. The van der Waals surface area contributed by atoms with Gasteiger partial charge >= 0.3 is 0 Å². The average molecular weight is 445 g/mol. The molecule has 0 aromatic heterocycles. The first-order valence-corrected chi connectivity index (χ1v) is 11.3. The minimum absolute atomic E-state index is 0.0804. The van der Waals surface area contributed by atoms with Crippen LogP contribution in [-0.4, -0.2) is 35.9 Å². The summed E-state index contributed by atoms with van der Waals surface area (Å²) in [5.41, 5.74) is 0.827. The maximum absolute atomic E-state index is 13.2. The van der Waals surface area contributed by atoms with Gasteiger partial charge in [-0.15, -0.1) is 0 Å². The molecule has 2 aromatic carbocycles.